The second-order valence-corrected chi connectivity index (χ2v) is 3.55. The largest absolute Gasteiger partial charge is 0.469 e. The summed E-state index contributed by atoms with van der Waals surface area (Å²) in [7, 11) is 0. The molecular formula is C9H5Cl2FN2O. The summed E-state index contributed by atoms with van der Waals surface area (Å²) < 4.78 is 18.1. The maximum atomic E-state index is 13.0. The zero-order valence-corrected chi connectivity index (χ0v) is 9.10. The highest BCUT2D eigenvalue weighted by Gasteiger charge is 2.14. The molecule has 0 saturated carbocycles. The van der Waals surface area contributed by atoms with Gasteiger partial charge >= 0.3 is 0 Å². The molecular weight excluding hydrogens is 242 g/mol. The molecule has 0 aromatic carbocycles. The van der Waals surface area contributed by atoms with Crippen molar-refractivity contribution in [2.45, 2.75) is 6.92 Å². The molecule has 2 heterocycles. The summed E-state index contributed by atoms with van der Waals surface area (Å²) in [5, 5.41) is -0.601. The highest BCUT2D eigenvalue weighted by molar-refractivity contribution is 6.33. The maximum Gasteiger partial charge on any atom is 0.197 e. The lowest BCUT2D eigenvalue weighted by Crippen LogP contribution is -1.94. The Morgan fingerprint density at radius 3 is 2.33 bits per heavy atom. The molecule has 2 rings (SSSR count). The molecule has 3 nitrogen and oxygen atoms in total. The lowest BCUT2D eigenvalue weighted by Gasteiger charge is -2.00. The lowest BCUT2D eigenvalue weighted by atomic mass is 10.2. The summed E-state index contributed by atoms with van der Waals surface area (Å²) in [5.74, 6) is 0.0506. The van der Waals surface area contributed by atoms with Gasteiger partial charge in [-0.25, -0.2) is 14.4 Å². The first-order valence-corrected chi connectivity index (χ1v) is 4.78. The molecule has 15 heavy (non-hydrogen) atoms. The monoisotopic (exact) mass is 246 g/mol. The van der Waals surface area contributed by atoms with Gasteiger partial charge in [0.1, 0.15) is 5.76 Å². The van der Waals surface area contributed by atoms with Crippen molar-refractivity contribution >= 4 is 23.2 Å². The average Bonchev–Trinajstić information content (AvgIpc) is 2.60. The molecule has 0 bridgehead atoms. The van der Waals surface area contributed by atoms with Crippen LogP contribution in [0.3, 0.4) is 0 Å². The van der Waals surface area contributed by atoms with Gasteiger partial charge in [-0.15, -0.1) is 0 Å². The van der Waals surface area contributed by atoms with Crippen LogP contribution < -0.4 is 0 Å². The number of halogens is 3. The van der Waals surface area contributed by atoms with E-state index in [1.807, 2.05) is 0 Å². The SMILES string of the molecule is Cc1occc1-c1nc(Cl)c(F)c(Cl)n1. The van der Waals surface area contributed by atoms with Gasteiger partial charge in [-0.2, -0.15) is 0 Å². The predicted molar refractivity (Wildman–Crippen MR) is 54.4 cm³/mol. The first-order valence-electron chi connectivity index (χ1n) is 4.02. The normalized spacial score (nSPS) is 10.7. The van der Waals surface area contributed by atoms with Gasteiger partial charge < -0.3 is 4.42 Å². The summed E-state index contributed by atoms with van der Waals surface area (Å²) in [6.45, 7) is 1.74. The van der Waals surface area contributed by atoms with Gasteiger partial charge in [-0.05, 0) is 13.0 Å². The summed E-state index contributed by atoms with van der Waals surface area (Å²) >= 11 is 11.1. The molecule has 0 unspecified atom stereocenters. The van der Waals surface area contributed by atoms with Crippen molar-refractivity contribution in [2.24, 2.45) is 0 Å². The van der Waals surface area contributed by atoms with E-state index in [4.69, 9.17) is 27.6 Å². The summed E-state index contributed by atoms with van der Waals surface area (Å²) in [6.07, 6.45) is 1.49. The van der Waals surface area contributed by atoms with E-state index in [1.165, 1.54) is 6.26 Å². The minimum absolute atomic E-state index is 0.248. The zero-order chi connectivity index (χ0) is 11.0. The average molecular weight is 247 g/mol. The maximum absolute atomic E-state index is 13.0. The van der Waals surface area contributed by atoms with Crippen LogP contribution in [0.2, 0.25) is 10.3 Å². The Balaban J connectivity index is 2.60. The van der Waals surface area contributed by atoms with Crippen LogP contribution in [0.5, 0.6) is 0 Å². The van der Waals surface area contributed by atoms with Crippen molar-refractivity contribution in [3.8, 4) is 11.4 Å². The van der Waals surface area contributed by atoms with Gasteiger partial charge in [0.05, 0.1) is 11.8 Å². The first kappa shape index (κ1) is 10.4. The topological polar surface area (TPSA) is 38.9 Å². The Bertz CT molecular complexity index is 490. The molecule has 0 atom stereocenters. The van der Waals surface area contributed by atoms with Crippen LogP contribution in [0, 0.1) is 12.7 Å². The van der Waals surface area contributed by atoms with E-state index < -0.39 is 5.82 Å². The van der Waals surface area contributed by atoms with Crippen molar-refractivity contribution in [1.82, 2.24) is 9.97 Å². The van der Waals surface area contributed by atoms with Gasteiger partial charge in [0.25, 0.3) is 0 Å². The fourth-order valence-corrected chi connectivity index (χ4v) is 1.52. The number of nitrogens with zero attached hydrogens (tertiary/aromatic N) is 2. The molecule has 0 aliphatic rings. The number of hydrogen-bond donors (Lipinski definition) is 0. The fourth-order valence-electron chi connectivity index (χ4n) is 1.13. The standard InChI is InChI=1S/C9H5Cl2FN2O/c1-4-5(2-3-15-4)9-13-7(10)6(12)8(11)14-9/h2-3H,1H3. The molecule has 0 spiro atoms. The van der Waals surface area contributed by atoms with Crippen molar-refractivity contribution < 1.29 is 8.81 Å². The molecule has 2 aromatic rings. The van der Waals surface area contributed by atoms with E-state index in [2.05, 4.69) is 9.97 Å². The Morgan fingerprint density at radius 2 is 1.87 bits per heavy atom. The minimum atomic E-state index is -0.816. The quantitative estimate of drug-likeness (QED) is 0.724. The van der Waals surface area contributed by atoms with E-state index >= 15 is 0 Å². The van der Waals surface area contributed by atoms with Gasteiger partial charge in [0, 0.05) is 0 Å². The smallest absolute Gasteiger partial charge is 0.197 e. The van der Waals surface area contributed by atoms with E-state index in [-0.39, 0.29) is 16.1 Å². The van der Waals surface area contributed by atoms with E-state index in [1.54, 1.807) is 13.0 Å². The molecule has 2 aromatic heterocycles. The van der Waals surface area contributed by atoms with Crippen molar-refractivity contribution in [3.05, 3.63) is 34.2 Å². The van der Waals surface area contributed by atoms with Crippen LogP contribution in [0.4, 0.5) is 4.39 Å². The van der Waals surface area contributed by atoms with Crippen LogP contribution in [0.25, 0.3) is 11.4 Å². The fraction of sp³-hybridized carbons (Fsp3) is 0.111. The lowest BCUT2D eigenvalue weighted by molar-refractivity contribution is 0.535. The number of rotatable bonds is 1. The Morgan fingerprint density at radius 1 is 1.27 bits per heavy atom. The molecule has 0 saturated heterocycles. The zero-order valence-electron chi connectivity index (χ0n) is 7.59. The van der Waals surface area contributed by atoms with E-state index in [0.29, 0.717) is 11.3 Å². The molecule has 0 radical (unpaired) electrons. The van der Waals surface area contributed by atoms with Gasteiger partial charge in [-0.1, -0.05) is 23.2 Å². The number of furan rings is 1. The highest BCUT2D eigenvalue weighted by Crippen LogP contribution is 2.26. The van der Waals surface area contributed by atoms with Crippen LogP contribution in [-0.2, 0) is 0 Å². The summed E-state index contributed by atoms with van der Waals surface area (Å²) in [4.78, 5) is 7.54. The third-order valence-corrected chi connectivity index (χ3v) is 2.37. The second kappa shape index (κ2) is 3.79. The van der Waals surface area contributed by atoms with Gasteiger partial charge in [-0.3, -0.25) is 0 Å². The molecule has 0 amide bonds. The molecule has 0 aliphatic carbocycles. The Labute approximate surface area is 94.9 Å². The molecule has 0 N–H and O–H groups in total. The number of hydrogen-bond acceptors (Lipinski definition) is 3. The van der Waals surface area contributed by atoms with Crippen LogP contribution in [-0.4, -0.2) is 9.97 Å². The first-order chi connectivity index (χ1) is 7.09. The number of aromatic nitrogens is 2. The predicted octanol–water partition coefficient (Wildman–Crippen LogP) is 3.49. The van der Waals surface area contributed by atoms with Crippen molar-refractivity contribution in [1.29, 1.82) is 0 Å². The van der Waals surface area contributed by atoms with E-state index in [9.17, 15) is 4.39 Å². The van der Waals surface area contributed by atoms with Crippen LogP contribution in [0.15, 0.2) is 16.7 Å². The molecule has 6 heteroatoms. The third kappa shape index (κ3) is 1.82. The number of aryl methyl sites for hydroxylation is 1. The summed E-state index contributed by atoms with van der Waals surface area (Å²) in [6, 6.07) is 1.66. The molecule has 78 valence electrons. The van der Waals surface area contributed by atoms with Gasteiger partial charge in [0.15, 0.2) is 21.9 Å². The van der Waals surface area contributed by atoms with Gasteiger partial charge in [0.2, 0.25) is 0 Å². The summed E-state index contributed by atoms with van der Waals surface area (Å²) in [5.41, 5.74) is 0.638. The highest BCUT2D eigenvalue weighted by atomic mass is 35.5. The minimum Gasteiger partial charge on any atom is -0.469 e. The Hall–Kier alpha value is -1.13. The van der Waals surface area contributed by atoms with E-state index in [0.717, 1.165) is 0 Å². The van der Waals surface area contributed by atoms with Crippen LogP contribution in [0.1, 0.15) is 5.76 Å². The molecule has 0 fully saturated rings. The van der Waals surface area contributed by atoms with Crippen LogP contribution >= 0.6 is 23.2 Å². The third-order valence-electron chi connectivity index (χ3n) is 1.87. The molecule has 0 aliphatic heterocycles. The van der Waals surface area contributed by atoms with Crippen molar-refractivity contribution in [3.63, 3.8) is 0 Å². The Kier molecular flexibility index (Phi) is 2.63. The second-order valence-electron chi connectivity index (χ2n) is 2.83. The van der Waals surface area contributed by atoms with Crippen molar-refractivity contribution in [2.75, 3.05) is 0 Å².